The molecule has 172 valence electrons. The summed E-state index contributed by atoms with van der Waals surface area (Å²) in [5.41, 5.74) is 3.06. The first kappa shape index (κ1) is 21.6. The lowest BCUT2D eigenvalue weighted by Gasteiger charge is -2.29. The summed E-state index contributed by atoms with van der Waals surface area (Å²) in [6.07, 6.45) is 3.95. The van der Waals surface area contributed by atoms with E-state index in [1.54, 1.807) is 12.1 Å². The van der Waals surface area contributed by atoms with Crippen LogP contribution >= 0.6 is 0 Å². The molecule has 0 N–H and O–H groups in total. The fraction of sp³-hybridized carbons (Fsp3) is 0.423. The highest BCUT2D eigenvalue weighted by atomic mass is 19.1. The van der Waals surface area contributed by atoms with Crippen molar-refractivity contribution in [3.63, 3.8) is 0 Å². The predicted octanol–water partition coefficient (Wildman–Crippen LogP) is 5.05. The highest BCUT2D eigenvalue weighted by Gasteiger charge is 2.32. The molecule has 0 radical (unpaired) electrons. The third-order valence-electron chi connectivity index (χ3n) is 6.39. The Hall–Kier alpha value is -3.22. The van der Waals surface area contributed by atoms with Gasteiger partial charge < -0.3 is 14.0 Å². The molecular formula is C26H28FN3O3. The molecule has 2 aliphatic rings. The second-order valence-electron chi connectivity index (χ2n) is 9.14. The van der Waals surface area contributed by atoms with E-state index >= 15 is 0 Å². The molecule has 0 fully saturated rings. The molecular weight excluding hydrogens is 421 g/mol. The van der Waals surface area contributed by atoms with Crippen molar-refractivity contribution < 1.29 is 18.7 Å². The summed E-state index contributed by atoms with van der Waals surface area (Å²) >= 11 is 0. The molecule has 1 aromatic heterocycles. The Morgan fingerprint density at radius 2 is 1.91 bits per heavy atom. The number of aryl methyl sites for hydroxylation is 2. The van der Waals surface area contributed by atoms with Gasteiger partial charge in [-0.25, -0.2) is 4.39 Å². The molecule has 0 saturated carbocycles. The van der Waals surface area contributed by atoms with Gasteiger partial charge >= 0.3 is 5.97 Å². The highest BCUT2D eigenvalue weighted by Crippen LogP contribution is 2.36. The summed E-state index contributed by atoms with van der Waals surface area (Å²) in [6, 6.07) is 12.3. The number of carbonyl (C=O) groups is 1. The summed E-state index contributed by atoms with van der Waals surface area (Å²) in [7, 11) is 0. The Balaban J connectivity index is 1.33. The summed E-state index contributed by atoms with van der Waals surface area (Å²) in [5.74, 6) is 1.55. The normalized spacial score (nSPS) is 19.6. The quantitative estimate of drug-likeness (QED) is 0.510. The van der Waals surface area contributed by atoms with Crippen LogP contribution in [0.15, 0.2) is 42.5 Å². The Kier molecular flexibility index (Phi) is 5.87. The van der Waals surface area contributed by atoms with Crippen molar-refractivity contribution in [1.29, 1.82) is 0 Å². The molecule has 0 bridgehead atoms. The van der Waals surface area contributed by atoms with E-state index in [9.17, 15) is 9.18 Å². The number of fused-ring (bicyclic) bond motifs is 2. The molecule has 0 amide bonds. The molecule has 1 aliphatic carbocycles. The number of aromatic nitrogens is 3. The molecule has 1 unspecified atom stereocenters. The highest BCUT2D eigenvalue weighted by molar-refractivity contribution is 5.73. The molecule has 2 aromatic carbocycles. The van der Waals surface area contributed by atoms with Crippen molar-refractivity contribution in [1.82, 2.24) is 14.8 Å². The Morgan fingerprint density at radius 1 is 1.09 bits per heavy atom. The van der Waals surface area contributed by atoms with Gasteiger partial charge in [0.1, 0.15) is 23.5 Å². The van der Waals surface area contributed by atoms with Crippen LogP contribution in [-0.4, -0.2) is 26.8 Å². The van der Waals surface area contributed by atoms with E-state index in [1.165, 1.54) is 17.7 Å². The smallest absolute Gasteiger partial charge is 0.311 e. The summed E-state index contributed by atoms with van der Waals surface area (Å²) in [6.45, 7) is 4.46. The average Bonchev–Trinajstić information content (AvgIpc) is 3.23. The molecule has 0 saturated heterocycles. The van der Waals surface area contributed by atoms with Crippen molar-refractivity contribution in [2.45, 2.75) is 64.7 Å². The number of benzene rings is 2. The fourth-order valence-corrected chi connectivity index (χ4v) is 4.77. The van der Waals surface area contributed by atoms with Crippen LogP contribution < -0.4 is 4.74 Å². The van der Waals surface area contributed by atoms with Gasteiger partial charge in [-0.1, -0.05) is 6.07 Å². The first-order valence-electron chi connectivity index (χ1n) is 11.7. The fourth-order valence-electron chi connectivity index (χ4n) is 4.77. The Bertz CT molecular complexity index is 1160. The Morgan fingerprint density at radius 3 is 2.70 bits per heavy atom. The zero-order valence-corrected chi connectivity index (χ0v) is 19.0. The number of nitrogens with zero attached hydrogens (tertiary/aromatic N) is 3. The Labute approximate surface area is 192 Å². The van der Waals surface area contributed by atoms with Gasteiger partial charge in [0.05, 0.1) is 12.0 Å². The van der Waals surface area contributed by atoms with Crippen LogP contribution in [0.3, 0.4) is 0 Å². The SMILES string of the molecule is CC(C)Oc1ccc2c(c1)[C@H](OC(=O)C1CCc3nnc(-c4ccc(F)cc4)n3C1)CCC2. The number of esters is 1. The van der Waals surface area contributed by atoms with Crippen LogP contribution in [0.5, 0.6) is 5.75 Å². The molecule has 33 heavy (non-hydrogen) atoms. The minimum atomic E-state index is -0.298. The van der Waals surface area contributed by atoms with Crippen molar-refractivity contribution >= 4 is 5.97 Å². The summed E-state index contributed by atoms with van der Waals surface area (Å²) in [4.78, 5) is 13.2. The maximum absolute atomic E-state index is 13.3. The lowest BCUT2D eigenvalue weighted by Crippen LogP contribution is -2.30. The van der Waals surface area contributed by atoms with E-state index in [2.05, 4.69) is 16.3 Å². The van der Waals surface area contributed by atoms with Crippen LogP contribution in [-0.2, 0) is 28.9 Å². The monoisotopic (exact) mass is 449 g/mol. The topological polar surface area (TPSA) is 66.2 Å². The third-order valence-corrected chi connectivity index (χ3v) is 6.39. The van der Waals surface area contributed by atoms with Crippen LogP contribution in [0.4, 0.5) is 4.39 Å². The zero-order chi connectivity index (χ0) is 22.9. The largest absolute Gasteiger partial charge is 0.491 e. The van der Waals surface area contributed by atoms with Gasteiger partial charge in [0.15, 0.2) is 5.82 Å². The first-order valence-corrected chi connectivity index (χ1v) is 11.7. The molecule has 0 spiro atoms. The van der Waals surface area contributed by atoms with Crippen LogP contribution in [0.2, 0.25) is 0 Å². The maximum atomic E-state index is 13.3. The number of ether oxygens (including phenoxy) is 2. The van der Waals surface area contributed by atoms with Crippen molar-refractivity contribution in [3.05, 3.63) is 65.2 Å². The molecule has 7 heteroatoms. The second-order valence-corrected chi connectivity index (χ2v) is 9.14. The lowest BCUT2D eigenvalue weighted by molar-refractivity contribution is -0.156. The number of carbonyl (C=O) groups excluding carboxylic acids is 1. The average molecular weight is 450 g/mol. The van der Waals surface area contributed by atoms with E-state index in [0.29, 0.717) is 25.2 Å². The van der Waals surface area contributed by atoms with E-state index in [4.69, 9.17) is 9.47 Å². The van der Waals surface area contributed by atoms with E-state index in [1.807, 2.05) is 30.5 Å². The van der Waals surface area contributed by atoms with E-state index in [0.717, 1.165) is 42.0 Å². The van der Waals surface area contributed by atoms with Crippen molar-refractivity contribution in [2.75, 3.05) is 0 Å². The van der Waals surface area contributed by atoms with Gasteiger partial charge in [-0.05, 0) is 87.1 Å². The van der Waals surface area contributed by atoms with Gasteiger partial charge in [-0.15, -0.1) is 10.2 Å². The van der Waals surface area contributed by atoms with Gasteiger partial charge in [0.2, 0.25) is 0 Å². The minimum Gasteiger partial charge on any atom is -0.491 e. The summed E-state index contributed by atoms with van der Waals surface area (Å²) in [5, 5.41) is 8.58. The molecule has 2 heterocycles. The van der Waals surface area contributed by atoms with Crippen LogP contribution in [0.1, 0.15) is 56.2 Å². The van der Waals surface area contributed by atoms with Crippen LogP contribution in [0, 0.1) is 11.7 Å². The molecule has 5 rings (SSSR count). The van der Waals surface area contributed by atoms with Gasteiger partial charge in [0.25, 0.3) is 0 Å². The maximum Gasteiger partial charge on any atom is 0.311 e. The second kappa shape index (κ2) is 8.96. The van der Waals surface area contributed by atoms with Gasteiger partial charge in [-0.2, -0.15) is 0 Å². The number of halogens is 1. The van der Waals surface area contributed by atoms with E-state index in [-0.39, 0.29) is 29.9 Å². The zero-order valence-electron chi connectivity index (χ0n) is 19.0. The number of rotatable bonds is 5. The lowest BCUT2D eigenvalue weighted by atomic mass is 9.89. The predicted molar refractivity (Wildman–Crippen MR) is 121 cm³/mol. The molecule has 3 aromatic rings. The molecule has 6 nitrogen and oxygen atoms in total. The van der Waals surface area contributed by atoms with Gasteiger partial charge in [0, 0.05) is 18.5 Å². The third kappa shape index (κ3) is 4.49. The number of hydrogen-bond acceptors (Lipinski definition) is 5. The standard InChI is InChI=1S/C26H28FN3O3/c1-16(2)32-21-12-8-17-4-3-5-23(22(17)14-21)33-26(31)19-9-13-24-28-29-25(30(24)15-19)18-6-10-20(27)11-7-18/h6-8,10-12,14,16,19,23H,3-5,9,13,15H2,1-2H3/t19?,23-/m1/s1. The number of hydrogen-bond donors (Lipinski definition) is 0. The molecule has 2 atom stereocenters. The van der Waals surface area contributed by atoms with Crippen LogP contribution in [0.25, 0.3) is 11.4 Å². The van der Waals surface area contributed by atoms with Crippen molar-refractivity contribution in [3.8, 4) is 17.1 Å². The van der Waals surface area contributed by atoms with Crippen molar-refractivity contribution in [2.24, 2.45) is 5.92 Å². The van der Waals surface area contributed by atoms with E-state index < -0.39 is 0 Å². The first-order chi connectivity index (χ1) is 16.0. The van der Waals surface area contributed by atoms with Gasteiger partial charge in [-0.3, -0.25) is 4.79 Å². The molecule has 1 aliphatic heterocycles. The summed E-state index contributed by atoms with van der Waals surface area (Å²) < 4.78 is 27.2. The minimum absolute atomic E-state index is 0.0863.